The lowest BCUT2D eigenvalue weighted by Gasteiger charge is -2.10. The van der Waals surface area contributed by atoms with Gasteiger partial charge in [-0.15, -0.1) is 0 Å². The van der Waals surface area contributed by atoms with E-state index in [1.165, 1.54) is 0 Å². The van der Waals surface area contributed by atoms with E-state index in [1.807, 2.05) is 19.0 Å². The van der Waals surface area contributed by atoms with Crippen LogP contribution in [0.25, 0.3) is 0 Å². The minimum atomic E-state index is -0.570. The summed E-state index contributed by atoms with van der Waals surface area (Å²) in [7, 11) is 3.92. The first kappa shape index (κ1) is 18.3. The van der Waals surface area contributed by atoms with Gasteiger partial charge in [-0.05, 0) is 39.9 Å². The fourth-order valence-corrected chi connectivity index (χ4v) is 2.10. The molecule has 1 aromatic heterocycles. The second-order valence-corrected chi connectivity index (χ2v) is 5.82. The molecule has 0 unspecified atom stereocenters. The molecule has 22 heavy (non-hydrogen) atoms. The lowest BCUT2D eigenvalue weighted by Crippen LogP contribution is -2.22. The standard InChI is InChI=1S/C12H18N6O2S2/c1-17(2)6-4-3-5-7-9(18(19)20)8(10(13)21)16-12(15-7)11(14)22/h3-6H2,1-2H3,(H2,13,21)(H2,14,22). The summed E-state index contributed by atoms with van der Waals surface area (Å²) in [5, 5.41) is 11.3. The predicted octanol–water partition coefficient (Wildman–Crippen LogP) is 0.538. The first-order valence-corrected chi connectivity index (χ1v) is 7.35. The molecule has 0 aliphatic carbocycles. The Hall–Kier alpha value is -1.78. The molecular weight excluding hydrogens is 324 g/mol. The van der Waals surface area contributed by atoms with Crippen LogP contribution in [0.15, 0.2) is 0 Å². The SMILES string of the molecule is CN(C)CCCCc1nc(C(N)=S)nc(C(N)=S)c1[N+](=O)[O-]. The number of aryl methyl sites for hydroxylation is 1. The number of nitrogens with zero attached hydrogens (tertiary/aromatic N) is 4. The Morgan fingerprint density at radius 2 is 1.86 bits per heavy atom. The average molecular weight is 342 g/mol. The van der Waals surface area contributed by atoms with Gasteiger partial charge in [0, 0.05) is 0 Å². The zero-order valence-electron chi connectivity index (χ0n) is 12.4. The Labute approximate surface area is 139 Å². The molecule has 10 heteroatoms. The molecule has 0 bridgehead atoms. The van der Waals surface area contributed by atoms with Gasteiger partial charge >= 0.3 is 5.69 Å². The summed E-state index contributed by atoms with van der Waals surface area (Å²) in [4.78, 5) is 20.6. The van der Waals surface area contributed by atoms with E-state index < -0.39 is 4.92 Å². The van der Waals surface area contributed by atoms with E-state index in [1.54, 1.807) is 0 Å². The van der Waals surface area contributed by atoms with Crippen LogP contribution in [0, 0.1) is 10.1 Å². The quantitative estimate of drug-likeness (QED) is 0.301. The van der Waals surface area contributed by atoms with Gasteiger partial charge in [-0.1, -0.05) is 24.4 Å². The summed E-state index contributed by atoms with van der Waals surface area (Å²) in [5.74, 6) is 0.0472. The maximum absolute atomic E-state index is 11.3. The van der Waals surface area contributed by atoms with Crippen LogP contribution in [0.5, 0.6) is 0 Å². The Morgan fingerprint density at radius 3 is 2.32 bits per heavy atom. The zero-order valence-corrected chi connectivity index (χ0v) is 14.0. The highest BCUT2D eigenvalue weighted by molar-refractivity contribution is 7.81. The monoisotopic (exact) mass is 342 g/mol. The Bertz CT molecular complexity index is 606. The molecule has 0 spiro atoms. The van der Waals surface area contributed by atoms with E-state index in [9.17, 15) is 10.1 Å². The van der Waals surface area contributed by atoms with E-state index in [4.69, 9.17) is 35.9 Å². The van der Waals surface area contributed by atoms with Gasteiger partial charge in [-0.3, -0.25) is 10.1 Å². The molecule has 1 rings (SSSR count). The lowest BCUT2D eigenvalue weighted by molar-refractivity contribution is -0.386. The summed E-state index contributed by atoms with van der Waals surface area (Å²) < 4.78 is 0. The molecular formula is C12H18N6O2S2. The molecule has 0 aromatic carbocycles. The predicted molar refractivity (Wildman–Crippen MR) is 92.0 cm³/mol. The Balaban J connectivity index is 3.18. The second-order valence-electron chi connectivity index (χ2n) is 4.94. The van der Waals surface area contributed by atoms with Crippen molar-refractivity contribution in [3.05, 3.63) is 27.3 Å². The fourth-order valence-electron chi connectivity index (χ4n) is 1.87. The highest BCUT2D eigenvalue weighted by Gasteiger charge is 2.26. The molecule has 0 saturated carbocycles. The van der Waals surface area contributed by atoms with Crippen LogP contribution >= 0.6 is 24.4 Å². The normalized spacial score (nSPS) is 10.7. The van der Waals surface area contributed by atoms with Gasteiger partial charge in [0.05, 0.1) is 4.92 Å². The topological polar surface area (TPSA) is 124 Å². The average Bonchev–Trinajstić information content (AvgIpc) is 2.41. The molecule has 0 aliphatic heterocycles. The van der Waals surface area contributed by atoms with Crippen LogP contribution in [-0.2, 0) is 6.42 Å². The maximum atomic E-state index is 11.3. The van der Waals surface area contributed by atoms with Crippen molar-refractivity contribution in [2.45, 2.75) is 19.3 Å². The van der Waals surface area contributed by atoms with Gasteiger partial charge in [0.1, 0.15) is 15.7 Å². The number of nitro groups is 1. The summed E-state index contributed by atoms with van der Waals surface area (Å²) in [5.41, 5.74) is 10.9. The minimum absolute atomic E-state index is 0.0472. The van der Waals surface area contributed by atoms with E-state index in [2.05, 4.69) is 9.97 Å². The smallest absolute Gasteiger partial charge is 0.319 e. The van der Waals surface area contributed by atoms with Crippen molar-refractivity contribution in [2.75, 3.05) is 20.6 Å². The van der Waals surface area contributed by atoms with Gasteiger partial charge in [0.2, 0.25) is 0 Å². The summed E-state index contributed by atoms with van der Waals surface area (Å²) in [6.45, 7) is 0.878. The molecule has 1 aromatic rings. The first-order valence-electron chi connectivity index (χ1n) is 6.53. The number of thiocarbonyl (C=S) groups is 2. The van der Waals surface area contributed by atoms with Gasteiger partial charge in [-0.2, -0.15) is 0 Å². The summed E-state index contributed by atoms with van der Waals surface area (Å²) in [6.07, 6.45) is 2.00. The molecule has 0 saturated heterocycles. The molecule has 0 atom stereocenters. The lowest BCUT2D eigenvalue weighted by atomic mass is 10.1. The third-order valence-electron chi connectivity index (χ3n) is 2.86. The molecule has 0 amide bonds. The maximum Gasteiger partial charge on any atom is 0.319 e. The molecule has 4 N–H and O–H groups in total. The molecule has 1 heterocycles. The molecule has 0 aliphatic rings. The van der Waals surface area contributed by atoms with Gasteiger partial charge in [0.25, 0.3) is 0 Å². The number of hydrogen-bond acceptors (Lipinski definition) is 7. The van der Waals surface area contributed by atoms with Gasteiger partial charge in [-0.25, -0.2) is 9.97 Å². The first-order chi connectivity index (χ1) is 10.2. The van der Waals surface area contributed by atoms with Crippen molar-refractivity contribution in [3.8, 4) is 0 Å². The highest BCUT2D eigenvalue weighted by atomic mass is 32.1. The van der Waals surface area contributed by atoms with Crippen molar-refractivity contribution in [1.82, 2.24) is 14.9 Å². The van der Waals surface area contributed by atoms with Crippen LogP contribution in [0.3, 0.4) is 0 Å². The number of unbranched alkanes of at least 4 members (excludes halogenated alkanes) is 1. The van der Waals surface area contributed by atoms with Crippen LogP contribution in [-0.4, -0.2) is 50.4 Å². The fraction of sp³-hybridized carbons (Fsp3) is 0.500. The van der Waals surface area contributed by atoms with Crippen molar-refractivity contribution in [2.24, 2.45) is 11.5 Å². The van der Waals surface area contributed by atoms with Crippen molar-refractivity contribution < 1.29 is 4.92 Å². The van der Waals surface area contributed by atoms with Crippen molar-refractivity contribution >= 4 is 40.1 Å². The highest BCUT2D eigenvalue weighted by Crippen LogP contribution is 2.23. The van der Waals surface area contributed by atoms with Crippen LogP contribution in [0.2, 0.25) is 0 Å². The van der Waals surface area contributed by atoms with Crippen molar-refractivity contribution in [3.63, 3.8) is 0 Å². The minimum Gasteiger partial charge on any atom is -0.388 e. The van der Waals surface area contributed by atoms with Crippen LogP contribution in [0.1, 0.15) is 30.1 Å². The number of hydrogen-bond donors (Lipinski definition) is 2. The second kappa shape index (κ2) is 8.01. The van der Waals surface area contributed by atoms with Crippen LogP contribution < -0.4 is 11.5 Å². The van der Waals surface area contributed by atoms with Crippen LogP contribution in [0.4, 0.5) is 5.69 Å². The molecule has 120 valence electrons. The van der Waals surface area contributed by atoms with E-state index in [-0.39, 0.29) is 32.9 Å². The van der Waals surface area contributed by atoms with Gasteiger partial charge in [0.15, 0.2) is 11.5 Å². The molecule has 0 radical (unpaired) electrons. The largest absolute Gasteiger partial charge is 0.388 e. The van der Waals surface area contributed by atoms with E-state index in [0.717, 1.165) is 19.4 Å². The van der Waals surface area contributed by atoms with E-state index >= 15 is 0 Å². The van der Waals surface area contributed by atoms with Crippen molar-refractivity contribution in [1.29, 1.82) is 0 Å². The Morgan fingerprint density at radius 1 is 1.23 bits per heavy atom. The third kappa shape index (κ3) is 4.90. The zero-order chi connectivity index (χ0) is 16.9. The number of aromatic nitrogens is 2. The van der Waals surface area contributed by atoms with E-state index in [0.29, 0.717) is 6.42 Å². The number of nitrogens with two attached hydrogens (primary N) is 2. The van der Waals surface area contributed by atoms with Gasteiger partial charge < -0.3 is 16.4 Å². The Kier molecular flexibility index (Phi) is 6.65. The molecule has 8 nitrogen and oxygen atoms in total. The summed E-state index contributed by atoms with van der Waals surface area (Å²) >= 11 is 9.68. The molecule has 0 fully saturated rings. The summed E-state index contributed by atoms with van der Waals surface area (Å²) in [6, 6.07) is 0. The third-order valence-corrected chi connectivity index (χ3v) is 3.24. The number of rotatable bonds is 8.